The van der Waals surface area contributed by atoms with Crippen LogP contribution in [-0.2, 0) is 28.9 Å². The molecule has 9 heteroatoms. The number of ether oxygens (including phenoxy) is 2. The van der Waals surface area contributed by atoms with Crippen LogP contribution in [0.15, 0.2) is 30.3 Å². The van der Waals surface area contributed by atoms with E-state index in [1.807, 2.05) is 0 Å². The number of hydrogen-bond acceptors (Lipinski definition) is 9. The molecule has 1 saturated heterocycles. The molecule has 0 saturated carbocycles. The van der Waals surface area contributed by atoms with E-state index < -0.39 is 0 Å². The molecule has 1 aromatic carbocycles. The van der Waals surface area contributed by atoms with E-state index >= 15 is 0 Å². The SMILES string of the molecule is C[C@@H](CCc1ccccc1)Nc1nnnc2c1sc1nc(N3CCOCC3)c3c(c12)CC(C)(C)OC3. The number of aromatic nitrogens is 4. The monoisotopic (exact) mass is 504 g/mol. The van der Waals surface area contributed by atoms with Crippen LogP contribution in [0.1, 0.15) is 43.9 Å². The Kier molecular flexibility index (Phi) is 6.23. The number of hydrogen-bond donors (Lipinski definition) is 1. The minimum atomic E-state index is -0.245. The Bertz CT molecular complexity index is 1380. The van der Waals surface area contributed by atoms with E-state index in [4.69, 9.17) is 14.5 Å². The molecule has 0 radical (unpaired) electrons. The molecule has 1 atom stereocenters. The number of aryl methyl sites for hydroxylation is 1. The summed E-state index contributed by atoms with van der Waals surface area (Å²) in [5.41, 5.74) is 4.44. The van der Waals surface area contributed by atoms with E-state index in [0.29, 0.717) is 6.61 Å². The zero-order valence-corrected chi connectivity index (χ0v) is 21.9. The van der Waals surface area contributed by atoms with Crippen molar-refractivity contribution in [3.63, 3.8) is 0 Å². The molecule has 6 rings (SSSR count). The maximum Gasteiger partial charge on any atom is 0.170 e. The van der Waals surface area contributed by atoms with E-state index in [0.717, 1.165) is 77.6 Å². The molecule has 0 spiro atoms. The number of benzene rings is 1. The fourth-order valence-electron chi connectivity index (χ4n) is 5.18. The lowest BCUT2D eigenvalue weighted by molar-refractivity contribution is -0.0396. The molecule has 0 amide bonds. The molecule has 188 valence electrons. The maximum atomic E-state index is 6.25. The fourth-order valence-corrected chi connectivity index (χ4v) is 6.26. The lowest BCUT2D eigenvalue weighted by Gasteiger charge is -2.36. The molecule has 0 unspecified atom stereocenters. The number of nitrogens with one attached hydrogen (secondary N) is 1. The largest absolute Gasteiger partial charge is 0.378 e. The van der Waals surface area contributed by atoms with Crippen LogP contribution in [-0.4, -0.2) is 58.3 Å². The van der Waals surface area contributed by atoms with Crippen molar-refractivity contribution in [3.8, 4) is 0 Å². The van der Waals surface area contributed by atoms with Gasteiger partial charge in [-0.25, -0.2) is 4.98 Å². The van der Waals surface area contributed by atoms with Crippen LogP contribution in [0.2, 0.25) is 0 Å². The normalized spacial score (nSPS) is 18.4. The molecule has 5 heterocycles. The Morgan fingerprint density at radius 1 is 1.11 bits per heavy atom. The highest BCUT2D eigenvalue weighted by molar-refractivity contribution is 7.26. The second-order valence-corrected chi connectivity index (χ2v) is 11.4. The summed E-state index contributed by atoms with van der Waals surface area (Å²) in [6.45, 7) is 10.2. The Morgan fingerprint density at radius 3 is 2.72 bits per heavy atom. The Labute approximate surface area is 215 Å². The van der Waals surface area contributed by atoms with Gasteiger partial charge >= 0.3 is 0 Å². The predicted molar refractivity (Wildman–Crippen MR) is 144 cm³/mol. The molecule has 1 fully saturated rings. The van der Waals surface area contributed by atoms with Crippen molar-refractivity contribution in [1.29, 1.82) is 0 Å². The first-order valence-electron chi connectivity index (χ1n) is 12.7. The average Bonchev–Trinajstić information content (AvgIpc) is 3.27. The summed E-state index contributed by atoms with van der Waals surface area (Å²) < 4.78 is 12.9. The van der Waals surface area contributed by atoms with Crippen molar-refractivity contribution in [2.75, 3.05) is 36.5 Å². The number of pyridine rings is 1. The number of nitrogens with zero attached hydrogens (tertiary/aromatic N) is 5. The third kappa shape index (κ3) is 4.51. The number of thiophene rings is 1. The molecule has 8 nitrogen and oxygen atoms in total. The molecule has 36 heavy (non-hydrogen) atoms. The van der Waals surface area contributed by atoms with Crippen LogP contribution in [0.4, 0.5) is 11.6 Å². The Hall–Kier alpha value is -2.88. The molecular weight excluding hydrogens is 472 g/mol. The number of fused-ring (bicyclic) bond motifs is 5. The van der Waals surface area contributed by atoms with Gasteiger partial charge < -0.3 is 19.7 Å². The lowest BCUT2D eigenvalue weighted by atomic mass is 9.90. The Balaban J connectivity index is 1.39. The minimum Gasteiger partial charge on any atom is -0.378 e. The zero-order chi connectivity index (χ0) is 24.7. The zero-order valence-electron chi connectivity index (χ0n) is 21.1. The van der Waals surface area contributed by atoms with Gasteiger partial charge in [0.2, 0.25) is 0 Å². The summed E-state index contributed by atoms with van der Waals surface area (Å²) in [6.07, 6.45) is 2.82. The van der Waals surface area contributed by atoms with E-state index in [1.165, 1.54) is 16.7 Å². The highest BCUT2D eigenvalue weighted by Crippen LogP contribution is 2.44. The van der Waals surface area contributed by atoms with Crippen LogP contribution >= 0.6 is 11.3 Å². The molecule has 4 aromatic rings. The third-order valence-electron chi connectivity index (χ3n) is 7.12. The molecule has 2 aliphatic heterocycles. The van der Waals surface area contributed by atoms with Crippen molar-refractivity contribution in [2.45, 2.75) is 58.3 Å². The van der Waals surface area contributed by atoms with Gasteiger partial charge in [-0.3, -0.25) is 0 Å². The minimum absolute atomic E-state index is 0.244. The second kappa shape index (κ2) is 9.53. The standard InChI is InChI=1S/C27H32N6O2S/c1-17(9-10-18-7-5-4-6-8-18)28-24-23-22(30-32-31-24)21-19-15-27(2,3)35-16-20(19)25(29-26(21)36-23)33-11-13-34-14-12-33/h4-8,17H,9-16H2,1-3H3,(H,28,30,31)/t17-/m0/s1. The van der Waals surface area contributed by atoms with Gasteiger partial charge in [0.05, 0.1) is 25.4 Å². The highest BCUT2D eigenvalue weighted by Gasteiger charge is 2.33. The van der Waals surface area contributed by atoms with E-state index in [-0.39, 0.29) is 11.6 Å². The van der Waals surface area contributed by atoms with Crippen molar-refractivity contribution < 1.29 is 9.47 Å². The van der Waals surface area contributed by atoms with Crippen LogP contribution in [0.25, 0.3) is 20.4 Å². The summed E-state index contributed by atoms with van der Waals surface area (Å²) in [4.78, 5) is 8.51. The lowest BCUT2D eigenvalue weighted by Crippen LogP contribution is -2.39. The molecule has 3 aromatic heterocycles. The summed E-state index contributed by atoms with van der Waals surface area (Å²) >= 11 is 1.66. The quantitative estimate of drug-likeness (QED) is 0.403. The fraction of sp³-hybridized carbons (Fsp3) is 0.481. The van der Waals surface area contributed by atoms with E-state index in [9.17, 15) is 0 Å². The predicted octanol–water partition coefficient (Wildman–Crippen LogP) is 4.76. The third-order valence-corrected chi connectivity index (χ3v) is 8.20. The van der Waals surface area contributed by atoms with Gasteiger partial charge in [0, 0.05) is 36.5 Å². The smallest absolute Gasteiger partial charge is 0.170 e. The van der Waals surface area contributed by atoms with Gasteiger partial charge in [0.25, 0.3) is 0 Å². The summed E-state index contributed by atoms with van der Waals surface area (Å²) in [7, 11) is 0. The van der Waals surface area contributed by atoms with Gasteiger partial charge in [-0.15, -0.1) is 21.5 Å². The van der Waals surface area contributed by atoms with Crippen molar-refractivity contribution in [1.82, 2.24) is 20.4 Å². The molecule has 1 N–H and O–H groups in total. The van der Waals surface area contributed by atoms with Crippen LogP contribution in [0, 0.1) is 0 Å². The number of anilines is 2. The van der Waals surface area contributed by atoms with Gasteiger partial charge in [-0.1, -0.05) is 30.3 Å². The summed E-state index contributed by atoms with van der Waals surface area (Å²) in [5.74, 6) is 1.81. The number of rotatable bonds is 6. The average molecular weight is 505 g/mol. The van der Waals surface area contributed by atoms with Crippen molar-refractivity contribution in [3.05, 3.63) is 47.0 Å². The second-order valence-electron chi connectivity index (χ2n) is 10.4. The summed E-state index contributed by atoms with van der Waals surface area (Å²) in [6, 6.07) is 10.8. The van der Waals surface area contributed by atoms with Crippen LogP contribution in [0.3, 0.4) is 0 Å². The molecule has 2 aliphatic rings. The van der Waals surface area contributed by atoms with Crippen LogP contribution < -0.4 is 10.2 Å². The first-order valence-corrected chi connectivity index (χ1v) is 13.5. The van der Waals surface area contributed by atoms with Crippen LogP contribution in [0.5, 0.6) is 0 Å². The van der Waals surface area contributed by atoms with E-state index in [1.54, 1.807) is 11.3 Å². The maximum absolute atomic E-state index is 6.25. The first kappa shape index (κ1) is 23.5. The topological polar surface area (TPSA) is 85.3 Å². The molecule has 0 aliphatic carbocycles. The first-order chi connectivity index (χ1) is 17.5. The van der Waals surface area contributed by atoms with Gasteiger partial charge in [0.1, 0.15) is 20.9 Å². The number of morpholine rings is 1. The van der Waals surface area contributed by atoms with Crippen molar-refractivity contribution in [2.24, 2.45) is 0 Å². The van der Waals surface area contributed by atoms with Gasteiger partial charge in [-0.2, -0.15) is 0 Å². The van der Waals surface area contributed by atoms with Gasteiger partial charge in [-0.05, 0) is 50.0 Å². The molecular formula is C27H32N6O2S. The highest BCUT2D eigenvalue weighted by atomic mass is 32.1. The Morgan fingerprint density at radius 2 is 1.92 bits per heavy atom. The van der Waals surface area contributed by atoms with Crippen molar-refractivity contribution >= 4 is 43.4 Å². The molecule has 0 bridgehead atoms. The van der Waals surface area contributed by atoms with Gasteiger partial charge in [0.15, 0.2) is 5.82 Å². The summed E-state index contributed by atoms with van der Waals surface area (Å²) in [5, 5.41) is 17.8. The van der Waals surface area contributed by atoms with E-state index in [2.05, 4.69) is 76.7 Å².